The molecule has 2 N–H and O–H groups in total. The maximum Gasteiger partial charge on any atom is 0.240 e. The fraction of sp³-hybridized carbons (Fsp3) is 0.562. The van der Waals surface area contributed by atoms with Gasteiger partial charge in [-0.2, -0.15) is 0 Å². The van der Waals surface area contributed by atoms with E-state index in [0.29, 0.717) is 18.2 Å². The van der Waals surface area contributed by atoms with Crippen LogP contribution in [0.4, 0.5) is 5.69 Å². The molecule has 0 aliphatic carbocycles. The van der Waals surface area contributed by atoms with Gasteiger partial charge in [0.05, 0.1) is 4.90 Å². The van der Waals surface area contributed by atoms with E-state index in [9.17, 15) is 13.2 Å². The van der Waals surface area contributed by atoms with E-state index in [-0.39, 0.29) is 10.8 Å². The molecule has 124 valence electrons. The Labute approximate surface area is 133 Å². The maximum absolute atomic E-state index is 12.3. The minimum Gasteiger partial charge on any atom is -0.326 e. The molecule has 1 rings (SSSR count). The summed E-state index contributed by atoms with van der Waals surface area (Å²) in [6, 6.07) is 6.18. The first-order valence-corrected chi connectivity index (χ1v) is 9.24. The molecule has 0 aliphatic heterocycles. The van der Waals surface area contributed by atoms with Crippen molar-refractivity contribution in [2.45, 2.75) is 51.3 Å². The van der Waals surface area contributed by atoms with Crippen LogP contribution in [0.3, 0.4) is 0 Å². The number of sulfonamides is 1. The van der Waals surface area contributed by atoms with E-state index in [1.54, 1.807) is 12.1 Å². The Morgan fingerprint density at radius 1 is 1.18 bits per heavy atom. The molecule has 0 heterocycles. The van der Waals surface area contributed by atoms with Gasteiger partial charge in [0.2, 0.25) is 15.9 Å². The Bertz CT molecular complexity index is 568. The smallest absolute Gasteiger partial charge is 0.240 e. The predicted octanol–water partition coefficient (Wildman–Crippen LogP) is 3.14. The molecule has 6 heteroatoms. The second-order valence-corrected chi connectivity index (χ2v) is 7.24. The molecule has 1 aromatic carbocycles. The summed E-state index contributed by atoms with van der Waals surface area (Å²) in [5, 5.41) is 2.61. The third-order valence-corrected chi connectivity index (χ3v) is 5.03. The van der Waals surface area contributed by atoms with Crippen molar-refractivity contribution in [3.05, 3.63) is 24.3 Å². The third-order valence-electron chi connectivity index (χ3n) is 3.59. The van der Waals surface area contributed by atoms with Crippen molar-refractivity contribution in [1.82, 2.24) is 4.72 Å². The largest absolute Gasteiger partial charge is 0.326 e. The first-order valence-electron chi connectivity index (χ1n) is 7.76. The van der Waals surface area contributed by atoms with E-state index in [1.807, 2.05) is 0 Å². The second kappa shape index (κ2) is 8.90. The van der Waals surface area contributed by atoms with E-state index >= 15 is 0 Å². The van der Waals surface area contributed by atoms with Gasteiger partial charge in [-0.25, -0.2) is 13.1 Å². The molecule has 0 saturated carbocycles. The van der Waals surface area contributed by atoms with Crippen LogP contribution in [0.5, 0.6) is 0 Å². The molecule has 1 unspecified atom stereocenters. The molecule has 0 bridgehead atoms. The van der Waals surface area contributed by atoms with Crippen LogP contribution in [-0.2, 0) is 14.8 Å². The summed E-state index contributed by atoms with van der Waals surface area (Å²) < 4.78 is 27.2. The fourth-order valence-electron chi connectivity index (χ4n) is 2.17. The first-order chi connectivity index (χ1) is 10.4. The summed E-state index contributed by atoms with van der Waals surface area (Å²) in [5.74, 6) is 0.184. The van der Waals surface area contributed by atoms with Gasteiger partial charge in [0.15, 0.2) is 0 Å². The zero-order valence-corrected chi connectivity index (χ0v) is 14.4. The van der Waals surface area contributed by atoms with Crippen molar-refractivity contribution < 1.29 is 13.2 Å². The molecule has 1 aromatic rings. The molecule has 0 radical (unpaired) electrons. The molecule has 0 aliphatic rings. The Morgan fingerprint density at radius 2 is 1.82 bits per heavy atom. The molecule has 1 amide bonds. The number of rotatable bonds is 9. The van der Waals surface area contributed by atoms with Crippen LogP contribution in [0.25, 0.3) is 0 Å². The lowest BCUT2D eigenvalue weighted by Crippen LogP contribution is -2.29. The van der Waals surface area contributed by atoms with Crippen molar-refractivity contribution in [3.8, 4) is 0 Å². The minimum atomic E-state index is -3.50. The van der Waals surface area contributed by atoms with Gasteiger partial charge in [0.1, 0.15) is 0 Å². The zero-order valence-electron chi connectivity index (χ0n) is 13.6. The Balaban J connectivity index is 2.67. The van der Waals surface area contributed by atoms with E-state index in [2.05, 4.69) is 23.9 Å². The van der Waals surface area contributed by atoms with Crippen LogP contribution in [-0.4, -0.2) is 20.9 Å². The van der Waals surface area contributed by atoms with Gasteiger partial charge in [0, 0.05) is 19.2 Å². The van der Waals surface area contributed by atoms with E-state index in [0.717, 1.165) is 25.7 Å². The summed E-state index contributed by atoms with van der Waals surface area (Å²) in [4.78, 5) is 11.2. The van der Waals surface area contributed by atoms with Crippen molar-refractivity contribution >= 4 is 21.6 Å². The molecule has 0 fully saturated rings. The number of nitrogens with one attached hydrogen (secondary N) is 2. The quantitative estimate of drug-likeness (QED) is 0.732. The third kappa shape index (κ3) is 6.15. The van der Waals surface area contributed by atoms with Crippen molar-refractivity contribution in [1.29, 1.82) is 0 Å². The van der Waals surface area contributed by atoms with E-state index in [1.165, 1.54) is 19.1 Å². The van der Waals surface area contributed by atoms with Crippen molar-refractivity contribution in [3.63, 3.8) is 0 Å². The highest BCUT2D eigenvalue weighted by Gasteiger charge is 2.16. The average Bonchev–Trinajstić information content (AvgIpc) is 2.47. The van der Waals surface area contributed by atoms with E-state index < -0.39 is 10.0 Å². The highest BCUT2D eigenvalue weighted by atomic mass is 32.2. The highest BCUT2D eigenvalue weighted by Crippen LogP contribution is 2.16. The average molecular weight is 326 g/mol. The molecule has 22 heavy (non-hydrogen) atoms. The van der Waals surface area contributed by atoms with Crippen LogP contribution in [0, 0.1) is 5.92 Å². The number of benzene rings is 1. The Kier molecular flexibility index (Phi) is 7.55. The highest BCUT2D eigenvalue weighted by molar-refractivity contribution is 7.89. The summed E-state index contributed by atoms with van der Waals surface area (Å²) in [6.45, 7) is 6.09. The van der Waals surface area contributed by atoms with Gasteiger partial charge < -0.3 is 5.32 Å². The Hall–Kier alpha value is -1.40. The normalized spacial score (nSPS) is 12.9. The molecule has 0 aromatic heterocycles. The van der Waals surface area contributed by atoms with Gasteiger partial charge in [-0.3, -0.25) is 4.79 Å². The van der Waals surface area contributed by atoms with Crippen LogP contribution < -0.4 is 10.0 Å². The number of unbranched alkanes of at least 4 members (excludes halogenated alkanes) is 1. The molecule has 1 atom stereocenters. The fourth-order valence-corrected chi connectivity index (χ4v) is 3.29. The summed E-state index contributed by atoms with van der Waals surface area (Å²) in [6.07, 6.45) is 4.24. The topological polar surface area (TPSA) is 75.3 Å². The van der Waals surface area contributed by atoms with Crippen LogP contribution in [0.2, 0.25) is 0 Å². The predicted molar refractivity (Wildman–Crippen MR) is 89.2 cm³/mol. The second-order valence-electron chi connectivity index (χ2n) is 5.47. The van der Waals surface area contributed by atoms with Gasteiger partial charge >= 0.3 is 0 Å². The minimum absolute atomic E-state index is 0.185. The van der Waals surface area contributed by atoms with Crippen LogP contribution >= 0.6 is 0 Å². The Morgan fingerprint density at radius 3 is 2.32 bits per heavy atom. The van der Waals surface area contributed by atoms with Gasteiger partial charge in [-0.05, 0) is 36.6 Å². The summed E-state index contributed by atoms with van der Waals surface area (Å²) in [7, 11) is -3.50. The number of hydrogen-bond donors (Lipinski definition) is 2. The molecule has 0 spiro atoms. The lowest BCUT2D eigenvalue weighted by Gasteiger charge is -2.15. The van der Waals surface area contributed by atoms with Gasteiger partial charge in [0.25, 0.3) is 0 Å². The number of amides is 1. The lowest BCUT2D eigenvalue weighted by atomic mass is 10.00. The van der Waals surface area contributed by atoms with Gasteiger partial charge in [-0.1, -0.05) is 33.1 Å². The van der Waals surface area contributed by atoms with Crippen molar-refractivity contribution in [2.24, 2.45) is 5.92 Å². The van der Waals surface area contributed by atoms with Crippen molar-refractivity contribution in [2.75, 3.05) is 11.9 Å². The van der Waals surface area contributed by atoms with Crippen LogP contribution in [0.15, 0.2) is 29.2 Å². The molecular formula is C16H26N2O3S. The summed E-state index contributed by atoms with van der Waals surface area (Å²) in [5.41, 5.74) is 0.584. The molecule has 5 nitrogen and oxygen atoms in total. The number of hydrogen-bond acceptors (Lipinski definition) is 3. The lowest BCUT2D eigenvalue weighted by molar-refractivity contribution is -0.114. The standard InChI is InChI=1S/C16H26N2O3S/c1-4-6-7-14(5-2)12-17-22(20,21)16-10-8-15(9-11-16)18-13(3)19/h8-11,14,17H,4-7,12H2,1-3H3,(H,18,19). The molecule has 0 saturated heterocycles. The first kappa shape index (κ1) is 18.6. The molecular weight excluding hydrogens is 300 g/mol. The van der Waals surface area contributed by atoms with Crippen LogP contribution in [0.1, 0.15) is 46.5 Å². The number of carbonyl (C=O) groups is 1. The number of anilines is 1. The SMILES string of the molecule is CCCCC(CC)CNS(=O)(=O)c1ccc(NC(C)=O)cc1. The maximum atomic E-state index is 12.3. The monoisotopic (exact) mass is 326 g/mol. The number of carbonyl (C=O) groups excluding carboxylic acids is 1. The van der Waals surface area contributed by atoms with E-state index in [4.69, 9.17) is 0 Å². The zero-order chi connectivity index (χ0) is 16.6. The summed E-state index contributed by atoms with van der Waals surface area (Å²) >= 11 is 0. The van der Waals surface area contributed by atoms with Gasteiger partial charge in [-0.15, -0.1) is 0 Å².